The number of rotatable bonds is 4. The maximum atomic E-state index is 10.00. The average Bonchev–Trinajstić information content (AvgIpc) is 2.44. The highest BCUT2D eigenvalue weighted by molar-refractivity contribution is 5.30. The van der Waals surface area contributed by atoms with E-state index in [4.69, 9.17) is 0 Å². The van der Waals surface area contributed by atoms with Crippen molar-refractivity contribution < 1.29 is 5.11 Å². The second kappa shape index (κ2) is 5.64. The van der Waals surface area contributed by atoms with Crippen LogP contribution in [0.25, 0.3) is 0 Å². The van der Waals surface area contributed by atoms with Gasteiger partial charge in [0.15, 0.2) is 0 Å². The lowest BCUT2D eigenvalue weighted by Gasteiger charge is -2.52. The summed E-state index contributed by atoms with van der Waals surface area (Å²) in [5.41, 5.74) is 1.65. The molecule has 2 aliphatic rings. The van der Waals surface area contributed by atoms with Crippen molar-refractivity contribution in [1.82, 2.24) is 4.90 Å². The van der Waals surface area contributed by atoms with Gasteiger partial charge >= 0.3 is 0 Å². The topological polar surface area (TPSA) is 23.5 Å². The highest BCUT2D eigenvalue weighted by Crippen LogP contribution is 2.48. The fourth-order valence-electron chi connectivity index (χ4n) is 4.01. The zero-order valence-electron chi connectivity index (χ0n) is 11.7. The van der Waals surface area contributed by atoms with Crippen molar-refractivity contribution in [2.75, 3.05) is 19.7 Å². The molecule has 2 heteroatoms. The molecule has 1 saturated carbocycles. The predicted molar refractivity (Wildman–Crippen MR) is 78.3 cm³/mol. The van der Waals surface area contributed by atoms with E-state index >= 15 is 0 Å². The van der Waals surface area contributed by atoms with E-state index in [1.807, 2.05) is 0 Å². The molecule has 1 aromatic rings. The highest BCUT2D eigenvalue weighted by atomic mass is 16.3. The summed E-state index contributed by atoms with van der Waals surface area (Å²) in [4.78, 5) is 2.55. The van der Waals surface area contributed by atoms with Crippen molar-refractivity contribution in [2.24, 2.45) is 0 Å². The Morgan fingerprint density at radius 2 is 1.68 bits per heavy atom. The zero-order chi connectivity index (χ0) is 13.1. The van der Waals surface area contributed by atoms with Gasteiger partial charge in [0.25, 0.3) is 0 Å². The molecule has 0 radical (unpaired) electrons. The van der Waals surface area contributed by atoms with Crippen LogP contribution in [0.15, 0.2) is 30.3 Å². The van der Waals surface area contributed by atoms with Crippen LogP contribution in [0.3, 0.4) is 0 Å². The van der Waals surface area contributed by atoms with Gasteiger partial charge in [-0.05, 0) is 44.3 Å². The number of benzene rings is 1. The minimum atomic E-state index is 0.216. The Morgan fingerprint density at radius 1 is 1.00 bits per heavy atom. The number of likely N-dealkylation sites (tertiary alicyclic amines) is 1. The van der Waals surface area contributed by atoms with Crippen LogP contribution in [-0.2, 0) is 5.41 Å². The molecular weight excluding hydrogens is 234 g/mol. The molecule has 1 heterocycles. The third kappa shape index (κ3) is 2.32. The van der Waals surface area contributed by atoms with E-state index < -0.39 is 0 Å². The van der Waals surface area contributed by atoms with E-state index in [9.17, 15) is 5.11 Å². The summed E-state index contributed by atoms with van der Waals surface area (Å²) in [6.07, 6.45) is 7.71. The molecule has 1 N–H and O–H groups in total. The van der Waals surface area contributed by atoms with Crippen LogP contribution in [0.5, 0.6) is 0 Å². The number of aliphatic hydroxyl groups excluding tert-OH is 1. The van der Waals surface area contributed by atoms with Crippen molar-refractivity contribution in [2.45, 2.75) is 50.0 Å². The third-order valence-electron chi connectivity index (χ3n) is 5.24. The second-order valence-corrected chi connectivity index (χ2v) is 6.17. The number of aliphatic hydroxyl groups is 1. The summed E-state index contributed by atoms with van der Waals surface area (Å²) in [6.45, 7) is 2.63. The molecule has 1 aliphatic carbocycles. The third-order valence-corrected chi connectivity index (χ3v) is 5.24. The zero-order valence-corrected chi connectivity index (χ0v) is 11.7. The summed E-state index contributed by atoms with van der Waals surface area (Å²) in [5.74, 6) is 0. The van der Waals surface area contributed by atoms with Crippen LogP contribution in [0.1, 0.15) is 44.1 Å². The molecule has 2 nitrogen and oxygen atoms in total. The first-order chi connectivity index (χ1) is 9.37. The van der Waals surface area contributed by atoms with E-state index in [-0.39, 0.29) is 5.41 Å². The Labute approximate surface area is 116 Å². The van der Waals surface area contributed by atoms with Gasteiger partial charge in [0, 0.05) is 11.5 Å². The maximum absolute atomic E-state index is 10.00. The summed E-state index contributed by atoms with van der Waals surface area (Å²) in [7, 11) is 0. The summed E-state index contributed by atoms with van der Waals surface area (Å²) in [6, 6.07) is 11.2. The maximum Gasteiger partial charge on any atom is 0.0595 e. The highest BCUT2D eigenvalue weighted by Gasteiger charge is 2.47. The first-order valence-corrected chi connectivity index (χ1v) is 7.77. The molecule has 0 amide bonds. The summed E-state index contributed by atoms with van der Waals surface area (Å²) >= 11 is 0. The lowest BCUT2D eigenvalue weighted by atomic mass is 9.59. The standard InChI is InChI=1S/C17H25NO/c19-14-16(18-12-5-2-6-13-18)17(10-7-11-17)15-8-3-1-4-9-15/h1,3-4,8-9,16,19H,2,5-7,10-14H2. The molecule has 104 valence electrons. The van der Waals surface area contributed by atoms with Gasteiger partial charge in [0.05, 0.1) is 6.61 Å². The van der Waals surface area contributed by atoms with E-state index in [1.54, 1.807) is 0 Å². The molecule has 0 spiro atoms. The molecule has 2 fully saturated rings. The second-order valence-electron chi connectivity index (χ2n) is 6.17. The number of hydrogen-bond donors (Lipinski definition) is 1. The molecule has 0 bridgehead atoms. The van der Waals surface area contributed by atoms with E-state index in [2.05, 4.69) is 35.2 Å². The van der Waals surface area contributed by atoms with Crippen molar-refractivity contribution in [3.63, 3.8) is 0 Å². The summed E-state index contributed by atoms with van der Waals surface area (Å²) < 4.78 is 0. The van der Waals surface area contributed by atoms with E-state index in [0.717, 1.165) is 0 Å². The van der Waals surface area contributed by atoms with Crippen LogP contribution in [-0.4, -0.2) is 35.7 Å². The van der Waals surface area contributed by atoms with Gasteiger partial charge in [-0.25, -0.2) is 0 Å². The SMILES string of the molecule is OCC(N1CCCCC1)C1(c2ccccc2)CCC1. The van der Waals surface area contributed by atoms with Gasteiger partial charge < -0.3 is 5.11 Å². The van der Waals surface area contributed by atoms with Crippen LogP contribution in [0.4, 0.5) is 0 Å². The summed E-state index contributed by atoms with van der Waals surface area (Å²) in [5, 5.41) is 10.00. The smallest absolute Gasteiger partial charge is 0.0595 e. The molecule has 0 aromatic heterocycles. The minimum absolute atomic E-state index is 0.216. The normalized spacial score (nSPS) is 24.7. The fraction of sp³-hybridized carbons (Fsp3) is 0.647. The van der Waals surface area contributed by atoms with Gasteiger partial charge in [0.1, 0.15) is 0 Å². The number of piperidine rings is 1. The van der Waals surface area contributed by atoms with E-state index in [0.29, 0.717) is 12.6 Å². The van der Waals surface area contributed by atoms with Gasteiger partial charge in [0.2, 0.25) is 0 Å². The van der Waals surface area contributed by atoms with Crippen LogP contribution in [0, 0.1) is 0 Å². The monoisotopic (exact) mass is 259 g/mol. The lowest BCUT2D eigenvalue weighted by Crippen LogP contribution is -2.57. The Morgan fingerprint density at radius 3 is 2.21 bits per heavy atom. The van der Waals surface area contributed by atoms with Gasteiger partial charge in [-0.15, -0.1) is 0 Å². The van der Waals surface area contributed by atoms with Crippen LogP contribution in [0.2, 0.25) is 0 Å². The first kappa shape index (κ1) is 13.1. The Kier molecular flexibility index (Phi) is 3.90. The molecule has 1 saturated heterocycles. The van der Waals surface area contributed by atoms with Crippen molar-refractivity contribution >= 4 is 0 Å². The molecular formula is C17H25NO. The molecule has 19 heavy (non-hydrogen) atoms. The average molecular weight is 259 g/mol. The Balaban J connectivity index is 1.87. The first-order valence-electron chi connectivity index (χ1n) is 7.77. The number of hydrogen-bond acceptors (Lipinski definition) is 2. The van der Waals surface area contributed by atoms with Gasteiger partial charge in [-0.2, -0.15) is 0 Å². The van der Waals surface area contributed by atoms with Gasteiger partial charge in [-0.1, -0.05) is 43.2 Å². The van der Waals surface area contributed by atoms with Crippen molar-refractivity contribution in [1.29, 1.82) is 0 Å². The predicted octanol–water partition coefficient (Wildman–Crippen LogP) is 2.96. The fourth-order valence-corrected chi connectivity index (χ4v) is 4.01. The molecule has 1 atom stereocenters. The van der Waals surface area contributed by atoms with Crippen molar-refractivity contribution in [3.8, 4) is 0 Å². The van der Waals surface area contributed by atoms with Crippen LogP contribution >= 0.6 is 0 Å². The molecule has 1 aliphatic heterocycles. The van der Waals surface area contributed by atoms with Crippen LogP contribution < -0.4 is 0 Å². The lowest BCUT2D eigenvalue weighted by molar-refractivity contribution is 0.0119. The Hall–Kier alpha value is -0.860. The molecule has 1 unspecified atom stereocenters. The Bertz CT molecular complexity index is 393. The minimum Gasteiger partial charge on any atom is -0.395 e. The molecule has 1 aromatic carbocycles. The molecule has 3 rings (SSSR count). The largest absolute Gasteiger partial charge is 0.395 e. The number of nitrogens with zero attached hydrogens (tertiary/aromatic N) is 1. The van der Waals surface area contributed by atoms with Crippen molar-refractivity contribution in [3.05, 3.63) is 35.9 Å². The van der Waals surface area contributed by atoms with E-state index in [1.165, 1.54) is 57.2 Å². The quantitative estimate of drug-likeness (QED) is 0.898. The van der Waals surface area contributed by atoms with Gasteiger partial charge in [-0.3, -0.25) is 4.90 Å².